The molecule has 11 heteroatoms. The molecule has 2 aromatic rings. The van der Waals surface area contributed by atoms with E-state index in [-0.39, 0.29) is 17.9 Å². The molecule has 25 heavy (non-hydrogen) atoms. The minimum atomic E-state index is -1.29. The summed E-state index contributed by atoms with van der Waals surface area (Å²) in [6.45, 7) is 1.25. The minimum Gasteiger partial charge on any atom is -0.348 e. The number of imide groups is 1. The molecule has 1 aliphatic rings. The summed E-state index contributed by atoms with van der Waals surface area (Å²) in [6, 6.07) is 2.81. The second-order valence-electron chi connectivity index (χ2n) is 5.52. The number of halogens is 2. The average molecular weight is 350 g/mol. The minimum absolute atomic E-state index is 0.169. The van der Waals surface area contributed by atoms with Crippen LogP contribution in [-0.2, 0) is 4.79 Å². The molecular weight excluding hydrogens is 338 g/mol. The van der Waals surface area contributed by atoms with E-state index >= 15 is 0 Å². The monoisotopic (exact) mass is 350 g/mol. The fraction of sp³-hybridized carbons (Fsp3) is 0.214. The van der Waals surface area contributed by atoms with Crippen LogP contribution in [0.25, 0.3) is 5.69 Å². The Morgan fingerprint density at radius 2 is 2.12 bits per heavy atom. The molecule has 2 heterocycles. The van der Waals surface area contributed by atoms with Crippen LogP contribution in [0.5, 0.6) is 0 Å². The summed E-state index contributed by atoms with van der Waals surface area (Å²) in [7, 11) is 0. The van der Waals surface area contributed by atoms with E-state index in [2.05, 4.69) is 26.1 Å². The number of nitrogens with zero attached hydrogens (tertiary/aromatic N) is 3. The maximum Gasteiger partial charge on any atom is 0.322 e. The predicted octanol–water partition coefficient (Wildman–Crippen LogP) is -0.127. The van der Waals surface area contributed by atoms with E-state index in [1.54, 1.807) is 0 Å². The van der Waals surface area contributed by atoms with Crippen molar-refractivity contribution in [2.75, 3.05) is 6.54 Å². The van der Waals surface area contributed by atoms with Crippen molar-refractivity contribution in [2.24, 2.45) is 0 Å². The standard InChI is InChI=1S/C14H12F2N6O3/c1-14(12(24)19-13(25)20-14)6-17-11(23)8-5-18-22(21-8)9-4-2-3-7(15)10(9)16/h2-5H,6H2,1H3,(H,17,23)(H2,19,20,24,25)/t14-/m1/s1. The van der Waals surface area contributed by atoms with Gasteiger partial charge in [-0.3, -0.25) is 14.9 Å². The van der Waals surface area contributed by atoms with Crippen LogP contribution in [0.2, 0.25) is 0 Å². The highest BCUT2D eigenvalue weighted by Crippen LogP contribution is 2.14. The zero-order valence-corrected chi connectivity index (χ0v) is 12.8. The molecule has 0 bridgehead atoms. The number of carbonyl (C=O) groups is 3. The summed E-state index contributed by atoms with van der Waals surface area (Å²) in [5, 5.41) is 14.4. The number of hydrogen-bond acceptors (Lipinski definition) is 5. The van der Waals surface area contributed by atoms with Gasteiger partial charge in [-0.25, -0.2) is 13.6 Å². The van der Waals surface area contributed by atoms with E-state index in [1.165, 1.54) is 19.1 Å². The Morgan fingerprint density at radius 3 is 2.80 bits per heavy atom. The molecule has 9 nitrogen and oxygen atoms in total. The number of aromatic nitrogens is 3. The highest BCUT2D eigenvalue weighted by molar-refractivity contribution is 6.07. The zero-order chi connectivity index (χ0) is 18.2. The van der Waals surface area contributed by atoms with Crippen molar-refractivity contribution in [1.29, 1.82) is 0 Å². The summed E-state index contributed by atoms with van der Waals surface area (Å²) in [5.41, 5.74) is -1.72. The summed E-state index contributed by atoms with van der Waals surface area (Å²) in [6.07, 6.45) is 1.06. The van der Waals surface area contributed by atoms with Crippen LogP contribution in [0.4, 0.5) is 13.6 Å². The molecule has 1 aromatic carbocycles. The average Bonchev–Trinajstić information content (AvgIpc) is 3.13. The van der Waals surface area contributed by atoms with Gasteiger partial charge >= 0.3 is 6.03 Å². The van der Waals surface area contributed by atoms with E-state index < -0.39 is 35.0 Å². The van der Waals surface area contributed by atoms with Crippen LogP contribution >= 0.6 is 0 Å². The van der Waals surface area contributed by atoms with Crippen LogP contribution in [0, 0.1) is 11.6 Å². The molecule has 3 N–H and O–H groups in total. The second kappa shape index (κ2) is 5.92. The molecule has 0 aliphatic carbocycles. The van der Waals surface area contributed by atoms with Crippen molar-refractivity contribution in [3.05, 3.63) is 41.7 Å². The van der Waals surface area contributed by atoms with Gasteiger partial charge in [0.25, 0.3) is 11.8 Å². The van der Waals surface area contributed by atoms with Crippen LogP contribution in [0.3, 0.4) is 0 Å². The summed E-state index contributed by atoms with van der Waals surface area (Å²) in [5.74, 6) is -3.50. The lowest BCUT2D eigenvalue weighted by molar-refractivity contribution is -0.123. The molecule has 1 atom stereocenters. The first-order valence-corrected chi connectivity index (χ1v) is 7.09. The Morgan fingerprint density at radius 1 is 1.36 bits per heavy atom. The highest BCUT2D eigenvalue weighted by atomic mass is 19.2. The molecule has 1 fully saturated rings. The first kappa shape index (κ1) is 16.5. The number of benzene rings is 1. The first-order valence-electron chi connectivity index (χ1n) is 7.09. The summed E-state index contributed by atoms with van der Waals surface area (Å²) < 4.78 is 27.0. The van der Waals surface area contributed by atoms with Crippen LogP contribution in [-0.4, -0.2) is 44.9 Å². The lowest BCUT2D eigenvalue weighted by Gasteiger charge is -2.20. The van der Waals surface area contributed by atoms with E-state index in [0.717, 1.165) is 17.1 Å². The number of amides is 4. The normalized spacial score (nSPS) is 19.5. The van der Waals surface area contributed by atoms with E-state index in [9.17, 15) is 23.2 Å². The highest BCUT2D eigenvalue weighted by Gasteiger charge is 2.42. The van der Waals surface area contributed by atoms with Gasteiger partial charge in [-0.15, -0.1) is 9.90 Å². The van der Waals surface area contributed by atoms with Gasteiger partial charge in [-0.05, 0) is 19.1 Å². The Bertz CT molecular complexity index is 883. The molecule has 0 unspecified atom stereocenters. The fourth-order valence-electron chi connectivity index (χ4n) is 2.18. The van der Waals surface area contributed by atoms with Crippen molar-refractivity contribution < 1.29 is 23.2 Å². The molecule has 0 saturated carbocycles. The lowest BCUT2D eigenvalue weighted by atomic mass is 10.0. The van der Waals surface area contributed by atoms with Gasteiger partial charge in [-0.2, -0.15) is 5.10 Å². The molecule has 3 rings (SSSR count). The van der Waals surface area contributed by atoms with Gasteiger partial charge in [-0.1, -0.05) is 6.07 Å². The van der Waals surface area contributed by atoms with Crippen LogP contribution in [0.1, 0.15) is 17.4 Å². The van der Waals surface area contributed by atoms with Gasteiger partial charge < -0.3 is 10.6 Å². The Balaban J connectivity index is 1.72. The topological polar surface area (TPSA) is 118 Å². The third kappa shape index (κ3) is 3.03. The predicted molar refractivity (Wildman–Crippen MR) is 78.7 cm³/mol. The number of hydrogen-bond donors (Lipinski definition) is 3. The van der Waals surface area contributed by atoms with Crippen molar-refractivity contribution >= 4 is 17.8 Å². The number of urea groups is 1. The lowest BCUT2D eigenvalue weighted by Crippen LogP contribution is -2.52. The summed E-state index contributed by atoms with van der Waals surface area (Å²) >= 11 is 0. The smallest absolute Gasteiger partial charge is 0.322 e. The van der Waals surface area contributed by atoms with Crippen molar-refractivity contribution in [3.63, 3.8) is 0 Å². The zero-order valence-electron chi connectivity index (χ0n) is 12.8. The first-order chi connectivity index (χ1) is 11.8. The van der Waals surface area contributed by atoms with Crippen LogP contribution in [0.15, 0.2) is 24.4 Å². The largest absolute Gasteiger partial charge is 0.348 e. The fourth-order valence-corrected chi connectivity index (χ4v) is 2.18. The van der Waals surface area contributed by atoms with Crippen molar-refractivity contribution in [1.82, 2.24) is 30.9 Å². The molecule has 0 radical (unpaired) electrons. The van der Waals surface area contributed by atoms with Gasteiger partial charge in [0.1, 0.15) is 11.2 Å². The Labute approximate surface area is 139 Å². The summed E-state index contributed by atoms with van der Waals surface area (Å²) in [4.78, 5) is 35.7. The van der Waals surface area contributed by atoms with Gasteiger partial charge in [0, 0.05) is 6.54 Å². The quantitative estimate of drug-likeness (QED) is 0.664. The number of carbonyl (C=O) groups excluding carboxylic acids is 3. The SMILES string of the molecule is C[C@]1(CNC(=O)c2cnn(-c3cccc(F)c3F)n2)NC(=O)NC1=O. The second-order valence-corrected chi connectivity index (χ2v) is 5.52. The molecule has 4 amide bonds. The van der Waals surface area contributed by atoms with E-state index in [1.807, 2.05) is 0 Å². The third-order valence-electron chi connectivity index (χ3n) is 3.59. The molecule has 1 aliphatic heterocycles. The molecule has 130 valence electrons. The van der Waals surface area contributed by atoms with Gasteiger partial charge in [0.05, 0.1) is 6.20 Å². The van der Waals surface area contributed by atoms with Crippen molar-refractivity contribution in [3.8, 4) is 5.69 Å². The van der Waals surface area contributed by atoms with Gasteiger partial charge in [0.2, 0.25) is 0 Å². The van der Waals surface area contributed by atoms with E-state index in [4.69, 9.17) is 0 Å². The van der Waals surface area contributed by atoms with Crippen molar-refractivity contribution in [2.45, 2.75) is 12.5 Å². The Kier molecular flexibility index (Phi) is 3.91. The third-order valence-corrected chi connectivity index (χ3v) is 3.59. The van der Waals surface area contributed by atoms with Gasteiger partial charge in [0.15, 0.2) is 17.3 Å². The molecule has 1 aromatic heterocycles. The Hall–Kier alpha value is -3.37. The molecule has 1 saturated heterocycles. The maximum atomic E-state index is 13.7. The van der Waals surface area contributed by atoms with Crippen LogP contribution < -0.4 is 16.0 Å². The number of nitrogens with one attached hydrogen (secondary N) is 3. The van der Waals surface area contributed by atoms with E-state index in [0.29, 0.717) is 0 Å². The number of rotatable bonds is 4. The maximum absolute atomic E-state index is 13.7. The molecular formula is C14H12F2N6O3. The molecule has 0 spiro atoms.